The summed E-state index contributed by atoms with van der Waals surface area (Å²) in [4.78, 5) is 22.5. The van der Waals surface area contributed by atoms with E-state index in [1.54, 1.807) is 6.92 Å². The molecule has 0 aliphatic rings. The second-order valence-corrected chi connectivity index (χ2v) is 3.00. The molecule has 0 aromatic carbocycles. The second kappa shape index (κ2) is 7.50. The number of esters is 1. The summed E-state index contributed by atoms with van der Waals surface area (Å²) in [6.45, 7) is 4.28. The zero-order valence-electron chi connectivity index (χ0n) is 9.04. The Morgan fingerprint density at radius 2 is 1.93 bits per heavy atom. The summed E-state index contributed by atoms with van der Waals surface area (Å²) >= 11 is 0. The molecule has 0 saturated carbocycles. The Bertz CT molecular complexity index is 189. The maximum atomic E-state index is 11.4. The lowest BCUT2D eigenvalue weighted by Crippen LogP contribution is -2.28. The van der Waals surface area contributed by atoms with Gasteiger partial charge in [-0.1, -0.05) is 13.8 Å². The molecule has 0 fully saturated rings. The van der Waals surface area contributed by atoms with E-state index in [0.717, 1.165) is 6.42 Å². The topological polar surface area (TPSA) is 52.6 Å². The van der Waals surface area contributed by atoms with E-state index in [9.17, 15) is 9.59 Å². The van der Waals surface area contributed by atoms with Gasteiger partial charge in [0.25, 0.3) is 0 Å². The average molecular weight is 202 g/mol. The molecule has 4 nitrogen and oxygen atoms in total. The molecule has 0 amide bonds. The molecule has 0 saturated heterocycles. The molecule has 0 spiro atoms. The van der Waals surface area contributed by atoms with Gasteiger partial charge >= 0.3 is 5.97 Å². The third-order valence-corrected chi connectivity index (χ3v) is 1.88. The molecule has 14 heavy (non-hydrogen) atoms. The minimum Gasteiger partial charge on any atom is -0.468 e. The van der Waals surface area contributed by atoms with Crippen molar-refractivity contribution in [3.63, 3.8) is 0 Å². The summed E-state index contributed by atoms with van der Waals surface area (Å²) in [5.74, 6) is -1.35. The van der Waals surface area contributed by atoms with E-state index in [1.807, 2.05) is 6.92 Å². The first-order chi connectivity index (χ1) is 6.67. The number of rotatable bonds is 7. The van der Waals surface area contributed by atoms with E-state index in [4.69, 9.17) is 4.74 Å². The number of carbonyl (C=O) groups excluding carboxylic acids is 2. The molecule has 0 N–H and O–H groups in total. The summed E-state index contributed by atoms with van der Waals surface area (Å²) in [5.41, 5.74) is 0. The fourth-order valence-corrected chi connectivity index (χ4v) is 1.09. The van der Waals surface area contributed by atoms with Crippen molar-refractivity contribution in [2.75, 3.05) is 20.3 Å². The maximum Gasteiger partial charge on any atom is 0.316 e. The minimum atomic E-state index is -0.670. The average Bonchev–Trinajstić information content (AvgIpc) is 2.19. The van der Waals surface area contributed by atoms with Crippen LogP contribution in [0.15, 0.2) is 0 Å². The maximum absolute atomic E-state index is 11.4. The highest BCUT2D eigenvalue weighted by atomic mass is 16.5. The second-order valence-electron chi connectivity index (χ2n) is 3.00. The number of carbonyl (C=O) groups is 2. The van der Waals surface area contributed by atoms with Crippen LogP contribution in [0.3, 0.4) is 0 Å². The summed E-state index contributed by atoms with van der Waals surface area (Å²) in [7, 11) is 1.28. The predicted molar refractivity (Wildman–Crippen MR) is 51.9 cm³/mol. The van der Waals surface area contributed by atoms with Crippen molar-refractivity contribution in [1.29, 1.82) is 0 Å². The van der Waals surface area contributed by atoms with Gasteiger partial charge in [-0.05, 0) is 12.8 Å². The van der Waals surface area contributed by atoms with E-state index in [1.165, 1.54) is 7.11 Å². The largest absolute Gasteiger partial charge is 0.468 e. The zero-order valence-corrected chi connectivity index (χ0v) is 9.04. The van der Waals surface area contributed by atoms with Gasteiger partial charge in [0.1, 0.15) is 12.5 Å². The van der Waals surface area contributed by atoms with Crippen molar-refractivity contribution < 1.29 is 19.1 Å². The van der Waals surface area contributed by atoms with E-state index in [-0.39, 0.29) is 12.4 Å². The summed E-state index contributed by atoms with van der Waals surface area (Å²) in [6.07, 6.45) is 1.32. The molecule has 0 aromatic heterocycles. The highest BCUT2D eigenvalue weighted by Gasteiger charge is 2.24. The Balaban J connectivity index is 3.98. The van der Waals surface area contributed by atoms with Crippen LogP contribution in [0.4, 0.5) is 0 Å². The SMILES string of the molecule is CCCOCC(=O)C(CC)C(=O)OC. The van der Waals surface area contributed by atoms with Crippen molar-refractivity contribution in [2.24, 2.45) is 5.92 Å². The number of methoxy groups -OCH3 is 1. The summed E-state index contributed by atoms with van der Waals surface area (Å²) in [5, 5.41) is 0. The lowest BCUT2D eigenvalue weighted by atomic mass is 10.0. The minimum absolute atomic E-state index is 0.00144. The van der Waals surface area contributed by atoms with Gasteiger partial charge in [-0.2, -0.15) is 0 Å². The first kappa shape index (κ1) is 13.1. The van der Waals surface area contributed by atoms with Gasteiger partial charge in [-0.15, -0.1) is 0 Å². The van der Waals surface area contributed by atoms with Crippen LogP contribution in [-0.2, 0) is 19.1 Å². The summed E-state index contributed by atoms with van der Waals surface area (Å²) in [6, 6.07) is 0. The standard InChI is InChI=1S/C10H18O4/c1-4-6-14-7-9(11)8(5-2)10(12)13-3/h8H,4-7H2,1-3H3. The lowest BCUT2D eigenvalue weighted by molar-refractivity contribution is -0.150. The fraction of sp³-hybridized carbons (Fsp3) is 0.800. The zero-order chi connectivity index (χ0) is 11.0. The summed E-state index contributed by atoms with van der Waals surface area (Å²) < 4.78 is 9.58. The Morgan fingerprint density at radius 3 is 2.36 bits per heavy atom. The van der Waals surface area contributed by atoms with Crippen molar-refractivity contribution in [3.05, 3.63) is 0 Å². The van der Waals surface area contributed by atoms with E-state index in [2.05, 4.69) is 4.74 Å². The Morgan fingerprint density at radius 1 is 1.29 bits per heavy atom. The van der Waals surface area contributed by atoms with Crippen LogP contribution >= 0.6 is 0 Å². The third kappa shape index (κ3) is 4.37. The Kier molecular flexibility index (Phi) is 7.02. The number of hydrogen-bond acceptors (Lipinski definition) is 4. The molecule has 4 heteroatoms. The van der Waals surface area contributed by atoms with Gasteiger partial charge in [0.15, 0.2) is 5.78 Å². The molecule has 1 unspecified atom stereocenters. The number of hydrogen-bond donors (Lipinski definition) is 0. The predicted octanol–water partition coefficient (Wildman–Crippen LogP) is 1.18. The number of ether oxygens (including phenoxy) is 2. The number of Topliss-reactive ketones (excluding diaryl/α,β-unsaturated/α-hetero) is 1. The molecule has 0 heterocycles. The van der Waals surface area contributed by atoms with Gasteiger partial charge in [0, 0.05) is 6.61 Å². The van der Waals surface area contributed by atoms with Crippen LogP contribution < -0.4 is 0 Å². The van der Waals surface area contributed by atoms with E-state index < -0.39 is 11.9 Å². The Labute approximate surface area is 84.6 Å². The molecule has 82 valence electrons. The van der Waals surface area contributed by atoms with Crippen LogP contribution in [0.5, 0.6) is 0 Å². The highest BCUT2D eigenvalue weighted by Crippen LogP contribution is 2.06. The molecule has 1 atom stereocenters. The first-order valence-electron chi connectivity index (χ1n) is 4.85. The van der Waals surface area contributed by atoms with E-state index >= 15 is 0 Å². The van der Waals surface area contributed by atoms with Gasteiger partial charge in [0.2, 0.25) is 0 Å². The van der Waals surface area contributed by atoms with E-state index in [0.29, 0.717) is 13.0 Å². The normalized spacial score (nSPS) is 12.2. The van der Waals surface area contributed by atoms with Crippen molar-refractivity contribution in [3.8, 4) is 0 Å². The molecule has 0 radical (unpaired) electrons. The van der Waals surface area contributed by atoms with Crippen LogP contribution in [0.2, 0.25) is 0 Å². The third-order valence-electron chi connectivity index (χ3n) is 1.88. The fourth-order valence-electron chi connectivity index (χ4n) is 1.09. The van der Waals surface area contributed by atoms with Crippen molar-refractivity contribution in [2.45, 2.75) is 26.7 Å². The molecule has 0 bridgehead atoms. The van der Waals surface area contributed by atoms with Gasteiger partial charge < -0.3 is 9.47 Å². The molecular formula is C10H18O4. The molecule has 0 aliphatic carbocycles. The smallest absolute Gasteiger partial charge is 0.316 e. The van der Waals surface area contributed by atoms with Crippen LogP contribution in [-0.4, -0.2) is 32.1 Å². The van der Waals surface area contributed by atoms with Crippen LogP contribution in [0.25, 0.3) is 0 Å². The first-order valence-corrected chi connectivity index (χ1v) is 4.85. The highest BCUT2D eigenvalue weighted by molar-refractivity contribution is 5.99. The molecular weight excluding hydrogens is 184 g/mol. The number of ketones is 1. The lowest BCUT2D eigenvalue weighted by Gasteiger charge is -2.10. The molecule has 0 aromatic rings. The van der Waals surface area contributed by atoms with Crippen molar-refractivity contribution in [1.82, 2.24) is 0 Å². The molecule has 0 aliphatic heterocycles. The van der Waals surface area contributed by atoms with Gasteiger partial charge in [-0.25, -0.2) is 0 Å². The van der Waals surface area contributed by atoms with Gasteiger partial charge in [0.05, 0.1) is 7.11 Å². The molecule has 0 rings (SSSR count). The Hall–Kier alpha value is -0.900. The van der Waals surface area contributed by atoms with Crippen LogP contribution in [0, 0.1) is 5.92 Å². The quantitative estimate of drug-likeness (QED) is 0.353. The monoisotopic (exact) mass is 202 g/mol. The van der Waals surface area contributed by atoms with Crippen LogP contribution in [0.1, 0.15) is 26.7 Å². The van der Waals surface area contributed by atoms with Gasteiger partial charge in [-0.3, -0.25) is 9.59 Å². The van der Waals surface area contributed by atoms with Crippen molar-refractivity contribution >= 4 is 11.8 Å².